The van der Waals surface area contributed by atoms with Crippen LogP contribution in [0.4, 0.5) is 5.13 Å². The summed E-state index contributed by atoms with van der Waals surface area (Å²) in [7, 11) is 0. The molecule has 1 atom stereocenters. The van der Waals surface area contributed by atoms with Crippen LogP contribution in [-0.2, 0) is 9.59 Å². The number of carbonyl (C=O) groups excluding carboxylic acids is 2. The summed E-state index contributed by atoms with van der Waals surface area (Å²) in [6, 6.07) is 9.01. The number of nitrogens with zero attached hydrogens (tertiary/aromatic N) is 2. The van der Waals surface area contributed by atoms with Gasteiger partial charge in [0.05, 0.1) is 22.8 Å². The predicted molar refractivity (Wildman–Crippen MR) is 125 cm³/mol. The molecule has 7 nitrogen and oxygen atoms in total. The van der Waals surface area contributed by atoms with Crippen molar-refractivity contribution in [3.63, 3.8) is 0 Å². The molecule has 1 unspecified atom stereocenters. The fraction of sp³-hybridized carbons (Fsp3) is 0.364. The van der Waals surface area contributed by atoms with Gasteiger partial charge in [-0.25, -0.2) is 9.78 Å². The number of anilines is 1. The molecular formula is C22H23N3O4S2. The van der Waals surface area contributed by atoms with Crippen molar-refractivity contribution < 1.29 is 14.0 Å². The Kier molecular flexibility index (Phi) is 6.72. The number of hydrogen-bond acceptors (Lipinski definition) is 7. The van der Waals surface area contributed by atoms with Crippen LogP contribution in [0.5, 0.6) is 0 Å². The van der Waals surface area contributed by atoms with E-state index < -0.39 is 5.63 Å². The Labute approximate surface area is 187 Å². The largest absolute Gasteiger partial charge is 0.422 e. The zero-order chi connectivity index (χ0) is 21.8. The number of nitrogens with one attached hydrogen (secondary N) is 1. The maximum Gasteiger partial charge on any atom is 0.345 e. The van der Waals surface area contributed by atoms with E-state index in [9.17, 15) is 14.4 Å². The molecule has 2 amide bonds. The average Bonchev–Trinajstić information content (AvgIpc) is 3.21. The summed E-state index contributed by atoms with van der Waals surface area (Å²) < 4.78 is 5.35. The summed E-state index contributed by atoms with van der Waals surface area (Å²) in [6.45, 7) is 3.76. The van der Waals surface area contributed by atoms with Gasteiger partial charge in [0, 0.05) is 23.9 Å². The molecule has 9 heteroatoms. The molecule has 0 bridgehead atoms. The fourth-order valence-electron chi connectivity index (χ4n) is 3.59. The standard InChI is InChI=1S/C22H23N3O4S2/c1-14-5-4-8-25(10-14)20(27)13-30-12-19(26)24-22-23-17(11-31-22)16-9-15-6-2-3-7-18(15)29-21(16)28/h2-3,6-7,9,11,14H,4-5,8,10,12-13H2,1H3,(H,23,24,26). The van der Waals surface area contributed by atoms with Gasteiger partial charge in [0.1, 0.15) is 5.58 Å². The van der Waals surface area contributed by atoms with Crippen LogP contribution < -0.4 is 10.9 Å². The molecule has 1 aliphatic rings. The smallest absolute Gasteiger partial charge is 0.345 e. The number of aromatic nitrogens is 1. The van der Waals surface area contributed by atoms with E-state index in [2.05, 4.69) is 17.2 Å². The van der Waals surface area contributed by atoms with Crippen LogP contribution in [0.2, 0.25) is 0 Å². The van der Waals surface area contributed by atoms with Crippen LogP contribution in [-0.4, -0.2) is 46.3 Å². The average molecular weight is 458 g/mol. The Hall–Kier alpha value is -2.65. The molecule has 0 spiro atoms. The van der Waals surface area contributed by atoms with E-state index in [1.807, 2.05) is 17.0 Å². The maximum absolute atomic E-state index is 12.3. The lowest BCUT2D eigenvalue weighted by Gasteiger charge is -2.30. The zero-order valence-electron chi connectivity index (χ0n) is 17.1. The molecule has 1 fully saturated rings. The highest BCUT2D eigenvalue weighted by Gasteiger charge is 2.21. The van der Waals surface area contributed by atoms with E-state index in [1.165, 1.54) is 23.1 Å². The van der Waals surface area contributed by atoms with Crippen molar-refractivity contribution in [2.24, 2.45) is 5.92 Å². The lowest BCUT2D eigenvalue weighted by molar-refractivity contribution is -0.130. The Morgan fingerprint density at radius 1 is 1.32 bits per heavy atom. The SMILES string of the molecule is CC1CCCN(C(=O)CSCC(=O)Nc2nc(-c3cc4ccccc4oc3=O)cs2)C1. The van der Waals surface area contributed by atoms with Gasteiger partial charge < -0.3 is 14.6 Å². The van der Waals surface area contributed by atoms with E-state index in [1.54, 1.807) is 23.6 Å². The second-order valence-corrected chi connectivity index (χ2v) is 9.50. The van der Waals surface area contributed by atoms with E-state index >= 15 is 0 Å². The molecule has 1 aliphatic heterocycles. The number of para-hydroxylation sites is 1. The highest BCUT2D eigenvalue weighted by atomic mass is 32.2. The number of fused-ring (bicyclic) bond motifs is 1. The van der Waals surface area contributed by atoms with Crippen molar-refractivity contribution in [1.29, 1.82) is 0 Å². The van der Waals surface area contributed by atoms with Gasteiger partial charge in [-0.1, -0.05) is 25.1 Å². The third kappa shape index (κ3) is 5.34. The lowest BCUT2D eigenvalue weighted by Crippen LogP contribution is -2.40. The van der Waals surface area contributed by atoms with Gasteiger partial charge >= 0.3 is 5.63 Å². The van der Waals surface area contributed by atoms with Crippen molar-refractivity contribution in [2.45, 2.75) is 19.8 Å². The quantitative estimate of drug-likeness (QED) is 0.565. The van der Waals surface area contributed by atoms with Crippen LogP contribution in [0.1, 0.15) is 19.8 Å². The van der Waals surface area contributed by atoms with Gasteiger partial charge in [0.25, 0.3) is 0 Å². The van der Waals surface area contributed by atoms with Crippen LogP contribution >= 0.6 is 23.1 Å². The van der Waals surface area contributed by atoms with Gasteiger partial charge in [-0.05, 0) is 30.9 Å². The number of amides is 2. The number of likely N-dealkylation sites (tertiary alicyclic amines) is 1. The third-order valence-corrected chi connectivity index (χ3v) is 6.81. The van der Waals surface area contributed by atoms with Crippen LogP contribution in [0.3, 0.4) is 0 Å². The topological polar surface area (TPSA) is 92.5 Å². The van der Waals surface area contributed by atoms with Gasteiger partial charge in [0.15, 0.2) is 5.13 Å². The van der Waals surface area contributed by atoms with E-state index in [0.717, 1.165) is 31.3 Å². The number of carbonyl (C=O) groups is 2. The molecule has 0 radical (unpaired) electrons. The summed E-state index contributed by atoms with van der Waals surface area (Å²) >= 11 is 2.54. The molecular weight excluding hydrogens is 434 g/mol. The molecule has 31 heavy (non-hydrogen) atoms. The summed E-state index contributed by atoms with van der Waals surface area (Å²) in [5, 5.41) is 5.66. The van der Waals surface area contributed by atoms with Gasteiger partial charge in [-0.2, -0.15) is 0 Å². The summed E-state index contributed by atoms with van der Waals surface area (Å²) in [5.41, 5.74) is 0.863. The number of hydrogen-bond donors (Lipinski definition) is 1. The van der Waals surface area contributed by atoms with Crippen molar-refractivity contribution in [3.8, 4) is 11.3 Å². The van der Waals surface area contributed by atoms with Crippen LogP contribution in [0.25, 0.3) is 22.2 Å². The highest BCUT2D eigenvalue weighted by molar-refractivity contribution is 8.00. The minimum absolute atomic E-state index is 0.0870. The third-order valence-electron chi connectivity index (χ3n) is 5.14. The van der Waals surface area contributed by atoms with Gasteiger partial charge in [0.2, 0.25) is 11.8 Å². The number of rotatable bonds is 6. The Bertz CT molecular complexity index is 1160. The molecule has 2 aromatic heterocycles. The summed E-state index contributed by atoms with van der Waals surface area (Å²) in [5.74, 6) is 0.860. The first kappa shape index (κ1) is 21.6. The number of thioether (sulfide) groups is 1. The fourth-order valence-corrected chi connectivity index (χ4v) is 5.03. The monoisotopic (exact) mass is 457 g/mol. The molecule has 4 rings (SSSR count). The number of thiazole rings is 1. The molecule has 0 saturated carbocycles. The molecule has 1 N–H and O–H groups in total. The van der Waals surface area contributed by atoms with Crippen molar-refractivity contribution >= 4 is 51.0 Å². The summed E-state index contributed by atoms with van der Waals surface area (Å²) in [6.07, 6.45) is 2.20. The highest BCUT2D eigenvalue weighted by Crippen LogP contribution is 2.25. The molecule has 0 aliphatic carbocycles. The normalized spacial score (nSPS) is 16.4. The second kappa shape index (κ2) is 9.65. The first-order valence-electron chi connectivity index (χ1n) is 10.1. The Morgan fingerprint density at radius 3 is 3.00 bits per heavy atom. The summed E-state index contributed by atoms with van der Waals surface area (Å²) in [4.78, 5) is 43.1. The number of benzene rings is 1. The van der Waals surface area contributed by atoms with Crippen LogP contribution in [0.15, 0.2) is 44.9 Å². The minimum atomic E-state index is -0.469. The van der Waals surface area contributed by atoms with Crippen LogP contribution in [0, 0.1) is 5.92 Å². The van der Waals surface area contributed by atoms with Crippen molar-refractivity contribution in [2.75, 3.05) is 29.9 Å². The Morgan fingerprint density at radius 2 is 2.16 bits per heavy atom. The second-order valence-electron chi connectivity index (χ2n) is 7.65. The molecule has 3 heterocycles. The van der Waals surface area contributed by atoms with Crippen molar-refractivity contribution in [1.82, 2.24) is 9.88 Å². The zero-order valence-corrected chi connectivity index (χ0v) is 18.8. The molecule has 1 saturated heterocycles. The molecule has 3 aromatic rings. The lowest BCUT2D eigenvalue weighted by atomic mass is 10.0. The van der Waals surface area contributed by atoms with Gasteiger partial charge in [-0.3, -0.25) is 9.59 Å². The Balaban J connectivity index is 1.32. The molecule has 162 valence electrons. The van der Waals surface area contributed by atoms with Crippen molar-refractivity contribution in [3.05, 3.63) is 46.1 Å². The van der Waals surface area contributed by atoms with Gasteiger partial charge in [-0.15, -0.1) is 23.1 Å². The first-order chi connectivity index (χ1) is 15.0. The number of piperidine rings is 1. The maximum atomic E-state index is 12.3. The predicted octanol–water partition coefficient (Wildman–Crippen LogP) is 3.85. The molecule has 1 aromatic carbocycles. The van der Waals surface area contributed by atoms with E-state index in [4.69, 9.17) is 4.42 Å². The van der Waals surface area contributed by atoms with E-state index in [-0.39, 0.29) is 17.6 Å². The van der Waals surface area contributed by atoms with E-state index in [0.29, 0.717) is 33.6 Å². The first-order valence-corrected chi connectivity index (χ1v) is 12.2. The minimum Gasteiger partial charge on any atom is -0.422 e.